The Morgan fingerprint density at radius 3 is 2.95 bits per heavy atom. The number of benzene rings is 1. The van der Waals surface area contributed by atoms with Crippen molar-refractivity contribution in [1.82, 2.24) is 4.72 Å². The van der Waals surface area contributed by atoms with Crippen molar-refractivity contribution in [3.05, 3.63) is 29.8 Å². The van der Waals surface area contributed by atoms with E-state index in [9.17, 15) is 13.2 Å². The van der Waals surface area contributed by atoms with Crippen LogP contribution in [0.15, 0.2) is 29.2 Å². The first-order valence-corrected chi connectivity index (χ1v) is 7.81. The molecule has 0 aliphatic carbocycles. The number of sulfonamides is 1. The molecule has 1 aromatic rings. The standard InChI is InChI=1S/C13H17NO5S/c1-18-13(15)10-4-2-6-12(8-10)20(16,17)14-9-11-5-3-7-19-11/h2,4,6,8,11,14H,3,5,7,9H2,1H3/t11-/m1/s1. The summed E-state index contributed by atoms with van der Waals surface area (Å²) >= 11 is 0. The Bertz CT molecular complexity index is 578. The van der Waals surface area contributed by atoms with Crippen LogP contribution in [0.2, 0.25) is 0 Å². The topological polar surface area (TPSA) is 81.7 Å². The Kier molecular flexibility index (Phi) is 4.74. The summed E-state index contributed by atoms with van der Waals surface area (Å²) in [7, 11) is -2.40. The van der Waals surface area contributed by atoms with Crippen LogP contribution >= 0.6 is 0 Å². The lowest BCUT2D eigenvalue weighted by molar-refractivity contribution is 0.0600. The fourth-order valence-electron chi connectivity index (χ4n) is 2.00. The quantitative estimate of drug-likeness (QED) is 0.818. The Morgan fingerprint density at radius 1 is 1.50 bits per heavy atom. The summed E-state index contributed by atoms with van der Waals surface area (Å²) in [5, 5.41) is 0. The van der Waals surface area contributed by atoms with E-state index in [1.54, 1.807) is 0 Å². The Hall–Kier alpha value is -1.44. The van der Waals surface area contributed by atoms with Gasteiger partial charge < -0.3 is 9.47 Å². The number of carbonyl (C=O) groups excluding carboxylic acids is 1. The SMILES string of the molecule is COC(=O)c1cccc(S(=O)(=O)NC[C@H]2CCCO2)c1. The van der Waals surface area contributed by atoms with Gasteiger partial charge in [0.15, 0.2) is 0 Å². The van der Waals surface area contributed by atoms with E-state index in [1.807, 2.05) is 0 Å². The van der Waals surface area contributed by atoms with Crippen LogP contribution in [-0.4, -0.2) is 40.8 Å². The molecule has 0 saturated carbocycles. The molecule has 1 aromatic carbocycles. The van der Waals surface area contributed by atoms with Gasteiger partial charge in [0.2, 0.25) is 10.0 Å². The maximum absolute atomic E-state index is 12.1. The summed E-state index contributed by atoms with van der Waals surface area (Å²) in [6, 6.07) is 5.74. The van der Waals surface area contributed by atoms with Crippen LogP contribution in [-0.2, 0) is 19.5 Å². The number of methoxy groups -OCH3 is 1. The lowest BCUT2D eigenvalue weighted by Gasteiger charge is -2.11. The average Bonchev–Trinajstić information content (AvgIpc) is 2.98. The van der Waals surface area contributed by atoms with Gasteiger partial charge in [0.1, 0.15) is 0 Å². The summed E-state index contributed by atoms with van der Waals surface area (Å²) in [6.45, 7) is 0.912. The molecule has 0 spiro atoms. The van der Waals surface area contributed by atoms with Crippen LogP contribution in [0.1, 0.15) is 23.2 Å². The highest BCUT2D eigenvalue weighted by Crippen LogP contribution is 2.14. The Balaban J connectivity index is 2.10. The molecule has 1 N–H and O–H groups in total. The van der Waals surface area contributed by atoms with Gasteiger partial charge in [0, 0.05) is 13.2 Å². The zero-order chi connectivity index (χ0) is 14.6. The number of carbonyl (C=O) groups is 1. The van der Waals surface area contributed by atoms with Crippen molar-refractivity contribution in [2.24, 2.45) is 0 Å². The molecule has 20 heavy (non-hydrogen) atoms. The first-order chi connectivity index (χ1) is 9.53. The largest absolute Gasteiger partial charge is 0.465 e. The van der Waals surface area contributed by atoms with E-state index < -0.39 is 16.0 Å². The minimum absolute atomic E-state index is 0.0402. The van der Waals surface area contributed by atoms with E-state index in [0.29, 0.717) is 6.61 Å². The van der Waals surface area contributed by atoms with E-state index in [4.69, 9.17) is 4.74 Å². The molecule has 1 heterocycles. The highest BCUT2D eigenvalue weighted by atomic mass is 32.2. The third-order valence-corrected chi connectivity index (χ3v) is 4.51. The molecule has 0 aromatic heterocycles. The van der Waals surface area contributed by atoms with Gasteiger partial charge >= 0.3 is 5.97 Å². The molecule has 1 aliphatic heterocycles. The molecular weight excluding hydrogens is 282 g/mol. The van der Waals surface area contributed by atoms with Gasteiger partial charge in [-0.3, -0.25) is 0 Å². The van der Waals surface area contributed by atoms with Crippen LogP contribution in [0.5, 0.6) is 0 Å². The molecule has 0 bridgehead atoms. The van der Waals surface area contributed by atoms with Gasteiger partial charge in [0.05, 0.1) is 23.7 Å². The molecule has 1 atom stereocenters. The molecule has 0 radical (unpaired) electrons. The molecule has 110 valence electrons. The van der Waals surface area contributed by atoms with Gasteiger partial charge in [-0.2, -0.15) is 0 Å². The van der Waals surface area contributed by atoms with Gasteiger partial charge in [0.25, 0.3) is 0 Å². The predicted octanol–water partition coefficient (Wildman–Crippen LogP) is 0.930. The molecule has 6 nitrogen and oxygen atoms in total. The first kappa shape index (κ1) is 15.0. The number of nitrogens with one attached hydrogen (secondary N) is 1. The minimum atomic E-state index is -3.65. The summed E-state index contributed by atoms with van der Waals surface area (Å²) in [5.74, 6) is -0.568. The van der Waals surface area contributed by atoms with Gasteiger partial charge in [-0.15, -0.1) is 0 Å². The second-order valence-electron chi connectivity index (χ2n) is 4.51. The molecule has 2 rings (SSSR count). The molecule has 0 unspecified atom stereocenters. The monoisotopic (exact) mass is 299 g/mol. The second-order valence-corrected chi connectivity index (χ2v) is 6.27. The fourth-order valence-corrected chi connectivity index (χ4v) is 3.11. The van der Waals surface area contributed by atoms with Crippen molar-refractivity contribution in [3.8, 4) is 0 Å². The van der Waals surface area contributed by atoms with Crippen molar-refractivity contribution < 1.29 is 22.7 Å². The summed E-state index contributed by atoms with van der Waals surface area (Å²) in [6.07, 6.45) is 1.73. The lowest BCUT2D eigenvalue weighted by atomic mass is 10.2. The average molecular weight is 299 g/mol. The van der Waals surface area contributed by atoms with E-state index in [2.05, 4.69) is 9.46 Å². The van der Waals surface area contributed by atoms with Gasteiger partial charge in [-0.05, 0) is 31.0 Å². The molecule has 0 amide bonds. The van der Waals surface area contributed by atoms with Crippen LogP contribution in [0.3, 0.4) is 0 Å². The lowest BCUT2D eigenvalue weighted by Crippen LogP contribution is -2.31. The zero-order valence-corrected chi connectivity index (χ0v) is 12.0. The van der Waals surface area contributed by atoms with Crippen LogP contribution in [0.4, 0.5) is 0 Å². The third kappa shape index (κ3) is 3.56. The van der Waals surface area contributed by atoms with E-state index in [0.717, 1.165) is 12.8 Å². The highest BCUT2D eigenvalue weighted by molar-refractivity contribution is 7.89. The molecule has 1 saturated heterocycles. The summed E-state index contributed by atoms with van der Waals surface area (Å²) in [5.41, 5.74) is 0.201. The van der Waals surface area contributed by atoms with Crippen molar-refractivity contribution >= 4 is 16.0 Å². The predicted molar refractivity (Wildman–Crippen MR) is 71.9 cm³/mol. The van der Waals surface area contributed by atoms with E-state index >= 15 is 0 Å². The highest BCUT2D eigenvalue weighted by Gasteiger charge is 2.21. The van der Waals surface area contributed by atoms with Crippen LogP contribution in [0, 0.1) is 0 Å². The first-order valence-electron chi connectivity index (χ1n) is 6.32. The maximum Gasteiger partial charge on any atom is 0.337 e. The number of rotatable bonds is 5. The normalized spacial score (nSPS) is 18.9. The van der Waals surface area contributed by atoms with Gasteiger partial charge in [-0.25, -0.2) is 17.9 Å². The van der Waals surface area contributed by atoms with Crippen molar-refractivity contribution in [3.63, 3.8) is 0 Å². The number of esters is 1. The molecule has 1 aliphatic rings. The van der Waals surface area contributed by atoms with Crippen molar-refractivity contribution in [2.75, 3.05) is 20.3 Å². The van der Waals surface area contributed by atoms with E-state index in [1.165, 1.54) is 31.4 Å². The molecule has 7 heteroatoms. The fraction of sp³-hybridized carbons (Fsp3) is 0.462. The van der Waals surface area contributed by atoms with Crippen molar-refractivity contribution in [2.45, 2.75) is 23.8 Å². The molecular formula is C13H17NO5S. The molecule has 1 fully saturated rings. The Morgan fingerprint density at radius 2 is 2.30 bits per heavy atom. The number of hydrogen-bond acceptors (Lipinski definition) is 5. The second kappa shape index (κ2) is 6.34. The van der Waals surface area contributed by atoms with E-state index in [-0.39, 0.29) is 23.1 Å². The van der Waals surface area contributed by atoms with Crippen LogP contribution in [0.25, 0.3) is 0 Å². The summed E-state index contributed by atoms with van der Waals surface area (Å²) in [4.78, 5) is 11.4. The maximum atomic E-state index is 12.1. The van der Waals surface area contributed by atoms with Crippen molar-refractivity contribution in [1.29, 1.82) is 0 Å². The summed E-state index contributed by atoms with van der Waals surface area (Å²) < 4.78 is 36.7. The number of ether oxygens (including phenoxy) is 2. The smallest absolute Gasteiger partial charge is 0.337 e. The van der Waals surface area contributed by atoms with Gasteiger partial charge in [-0.1, -0.05) is 6.07 Å². The van der Waals surface area contributed by atoms with Crippen LogP contribution < -0.4 is 4.72 Å². The Labute approximate surface area is 118 Å². The zero-order valence-electron chi connectivity index (χ0n) is 11.2. The number of hydrogen-bond donors (Lipinski definition) is 1. The minimum Gasteiger partial charge on any atom is -0.465 e. The third-order valence-electron chi connectivity index (χ3n) is 3.09.